The zero-order valence-electron chi connectivity index (χ0n) is 6.19. The molecule has 2 heteroatoms. The summed E-state index contributed by atoms with van der Waals surface area (Å²) in [6, 6.07) is 0. The minimum atomic E-state index is -0.558. The van der Waals surface area contributed by atoms with Gasteiger partial charge in [0.1, 0.15) is 0 Å². The van der Waals surface area contributed by atoms with Gasteiger partial charge in [0.15, 0.2) is 0 Å². The molecule has 0 N–H and O–H groups in total. The van der Waals surface area contributed by atoms with E-state index in [2.05, 4.69) is 6.26 Å². The van der Waals surface area contributed by atoms with E-state index in [9.17, 15) is 4.39 Å². The summed E-state index contributed by atoms with van der Waals surface area (Å²) in [6.45, 7) is 1.89. The number of thioether (sulfide) groups is 1. The smallest absolute Gasteiger partial charge is 0.0999 e. The van der Waals surface area contributed by atoms with Gasteiger partial charge in [-0.05, 0) is 31.3 Å². The summed E-state index contributed by atoms with van der Waals surface area (Å²) in [5.41, 5.74) is 0. The van der Waals surface area contributed by atoms with Gasteiger partial charge in [0.2, 0.25) is 0 Å². The summed E-state index contributed by atoms with van der Waals surface area (Å²) in [4.78, 5) is 0. The van der Waals surface area contributed by atoms with Gasteiger partial charge in [-0.15, -0.1) is 0 Å². The number of halogens is 1. The van der Waals surface area contributed by atoms with Crippen LogP contribution in [0.5, 0.6) is 0 Å². The molecule has 0 heterocycles. The molecule has 0 spiro atoms. The molecule has 0 aromatic carbocycles. The van der Waals surface area contributed by atoms with Crippen molar-refractivity contribution in [2.75, 3.05) is 12.0 Å². The molecule has 0 rings (SSSR count). The first-order valence-corrected chi connectivity index (χ1v) is 4.83. The van der Waals surface area contributed by atoms with Crippen LogP contribution in [0.25, 0.3) is 0 Å². The molecule has 0 saturated carbocycles. The summed E-state index contributed by atoms with van der Waals surface area (Å²) >= 11 is 1.79. The van der Waals surface area contributed by atoms with Gasteiger partial charge in [-0.25, -0.2) is 4.39 Å². The molecule has 0 aliphatic rings. The summed E-state index contributed by atoms with van der Waals surface area (Å²) in [6.07, 6.45) is 3.94. The molecule has 0 saturated heterocycles. The van der Waals surface area contributed by atoms with Crippen LogP contribution in [-0.2, 0) is 0 Å². The van der Waals surface area contributed by atoms with Gasteiger partial charge in [0, 0.05) is 0 Å². The lowest BCUT2D eigenvalue weighted by atomic mass is 10.2. The molecule has 0 bridgehead atoms. The zero-order valence-corrected chi connectivity index (χ0v) is 7.01. The van der Waals surface area contributed by atoms with Crippen LogP contribution in [0.15, 0.2) is 0 Å². The van der Waals surface area contributed by atoms with Crippen LogP contribution in [-0.4, -0.2) is 18.2 Å². The van der Waals surface area contributed by atoms with Crippen molar-refractivity contribution in [1.82, 2.24) is 0 Å². The SMILES string of the molecule is CCC(F)CCCSC. The van der Waals surface area contributed by atoms with Crippen molar-refractivity contribution in [3.05, 3.63) is 0 Å². The van der Waals surface area contributed by atoms with Gasteiger partial charge in [-0.3, -0.25) is 0 Å². The highest BCUT2D eigenvalue weighted by Crippen LogP contribution is 2.08. The van der Waals surface area contributed by atoms with Crippen LogP contribution in [0.4, 0.5) is 4.39 Å². The lowest BCUT2D eigenvalue weighted by Gasteiger charge is -2.01. The van der Waals surface area contributed by atoms with E-state index in [-0.39, 0.29) is 0 Å². The number of hydrogen-bond acceptors (Lipinski definition) is 1. The molecule has 0 aliphatic carbocycles. The fourth-order valence-electron chi connectivity index (χ4n) is 0.653. The summed E-state index contributed by atoms with van der Waals surface area (Å²) in [7, 11) is 0. The third-order valence-corrected chi connectivity index (χ3v) is 2.01. The van der Waals surface area contributed by atoms with Crippen LogP contribution < -0.4 is 0 Å². The molecule has 0 aromatic heterocycles. The van der Waals surface area contributed by atoms with Crippen molar-refractivity contribution in [1.29, 1.82) is 0 Å². The van der Waals surface area contributed by atoms with Crippen molar-refractivity contribution in [2.45, 2.75) is 32.4 Å². The lowest BCUT2D eigenvalue weighted by Crippen LogP contribution is -1.97. The minimum Gasteiger partial charge on any atom is -0.248 e. The molecule has 0 nitrogen and oxygen atoms in total. The van der Waals surface area contributed by atoms with E-state index in [1.54, 1.807) is 11.8 Å². The van der Waals surface area contributed by atoms with Crippen LogP contribution in [0.2, 0.25) is 0 Å². The second kappa shape index (κ2) is 6.40. The first-order valence-electron chi connectivity index (χ1n) is 3.44. The van der Waals surface area contributed by atoms with Crippen molar-refractivity contribution < 1.29 is 4.39 Å². The molecule has 0 aliphatic heterocycles. The van der Waals surface area contributed by atoms with Crippen LogP contribution in [0, 0.1) is 0 Å². The Labute approximate surface area is 61.2 Å². The highest BCUT2D eigenvalue weighted by Gasteiger charge is 2.00. The molecule has 0 fully saturated rings. The first kappa shape index (κ1) is 9.28. The van der Waals surface area contributed by atoms with Crippen LogP contribution >= 0.6 is 11.8 Å². The number of alkyl halides is 1. The average Bonchev–Trinajstić information content (AvgIpc) is 1.89. The van der Waals surface area contributed by atoms with Crippen molar-refractivity contribution in [3.8, 4) is 0 Å². The molecule has 0 radical (unpaired) electrons. The Kier molecular flexibility index (Phi) is 6.60. The molecule has 1 unspecified atom stereocenters. The third kappa shape index (κ3) is 6.16. The second-order valence-electron chi connectivity index (χ2n) is 2.14. The van der Waals surface area contributed by atoms with Crippen molar-refractivity contribution in [2.24, 2.45) is 0 Å². The molecule has 0 amide bonds. The Morgan fingerprint density at radius 2 is 2.22 bits per heavy atom. The maximum absolute atomic E-state index is 12.4. The lowest BCUT2D eigenvalue weighted by molar-refractivity contribution is 0.304. The van der Waals surface area contributed by atoms with Crippen molar-refractivity contribution in [3.63, 3.8) is 0 Å². The maximum Gasteiger partial charge on any atom is 0.0999 e. The molecule has 0 aromatic rings. The standard InChI is InChI=1S/C7H15FS/c1-3-7(8)5-4-6-9-2/h7H,3-6H2,1-2H3. The van der Waals surface area contributed by atoms with E-state index in [0.29, 0.717) is 6.42 Å². The Hall–Kier alpha value is 0.280. The summed E-state index contributed by atoms with van der Waals surface area (Å²) in [5.74, 6) is 1.10. The highest BCUT2D eigenvalue weighted by atomic mass is 32.2. The molecular weight excluding hydrogens is 135 g/mol. The summed E-state index contributed by atoms with van der Waals surface area (Å²) in [5, 5.41) is 0. The van der Waals surface area contributed by atoms with Gasteiger partial charge in [0.05, 0.1) is 6.17 Å². The van der Waals surface area contributed by atoms with Gasteiger partial charge in [0.25, 0.3) is 0 Å². The molecule has 1 atom stereocenters. The molecular formula is C7H15FS. The van der Waals surface area contributed by atoms with E-state index in [4.69, 9.17) is 0 Å². The largest absolute Gasteiger partial charge is 0.248 e. The van der Waals surface area contributed by atoms with Gasteiger partial charge < -0.3 is 0 Å². The van der Waals surface area contributed by atoms with Crippen LogP contribution in [0.1, 0.15) is 26.2 Å². The number of rotatable bonds is 5. The summed E-state index contributed by atoms with van der Waals surface area (Å²) < 4.78 is 12.4. The highest BCUT2D eigenvalue weighted by molar-refractivity contribution is 7.98. The normalized spacial score (nSPS) is 13.7. The monoisotopic (exact) mass is 150 g/mol. The predicted molar refractivity (Wildman–Crippen MR) is 42.8 cm³/mol. The predicted octanol–water partition coefficient (Wildman–Crippen LogP) is 2.88. The minimum absolute atomic E-state index is 0.558. The molecule has 9 heavy (non-hydrogen) atoms. The Morgan fingerprint density at radius 3 is 2.67 bits per heavy atom. The first-order chi connectivity index (χ1) is 4.31. The quantitative estimate of drug-likeness (QED) is 0.543. The van der Waals surface area contributed by atoms with E-state index in [1.807, 2.05) is 6.92 Å². The van der Waals surface area contributed by atoms with E-state index in [1.165, 1.54) is 0 Å². The van der Waals surface area contributed by atoms with Gasteiger partial charge >= 0.3 is 0 Å². The van der Waals surface area contributed by atoms with Crippen molar-refractivity contribution >= 4 is 11.8 Å². The average molecular weight is 150 g/mol. The van der Waals surface area contributed by atoms with Gasteiger partial charge in [-0.1, -0.05) is 6.92 Å². The number of hydrogen-bond donors (Lipinski definition) is 0. The maximum atomic E-state index is 12.4. The Bertz CT molecular complexity index is 56.9. The van der Waals surface area contributed by atoms with E-state index < -0.39 is 6.17 Å². The Balaban J connectivity index is 2.88. The fraction of sp³-hybridized carbons (Fsp3) is 1.00. The molecule has 56 valence electrons. The van der Waals surface area contributed by atoms with E-state index in [0.717, 1.165) is 18.6 Å². The topological polar surface area (TPSA) is 0 Å². The second-order valence-corrected chi connectivity index (χ2v) is 3.13. The van der Waals surface area contributed by atoms with Gasteiger partial charge in [-0.2, -0.15) is 11.8 Å². The fourth-order valence-corrected chi connectivity index (χ4v) is 1.11. The third-order valence-electron chi connectivity index (χ3n) is 1.31. The zero-order chi connectivity index (χ0) is 7.11. The van der Waals surface area contributed by atoms with E-state index >= 15 is 0 Å². The van der Waals surface area contributed by atoms with Crippen LogP contribution in [0.3, 0.4) is 0 Å². The Morgan fingerprint density at radius 1 is 1.56 bits per heavy atom.